The van der Waals surface area contributed by atoms with E-state index in [1.807, 2.05) is 37.3 Å². The molecule has 39 heavy (non-hydrogen) atoms. The number of carbonyl (C=O) groups is 1. The maximum Gasteiger partial charge on any atom is 0.307 e. The maximum absolute atomic E-state index is 12.5. The summed E-state index contributed by atoms with van der Waals surface area (Å²) in [5.74, 6) is 0.200. The number of carbonyl (C=O) groups excluding carboxylic acids is 1. The van der Waals surface area contributed by atoms with Crippen molar-refractivity contribution in [3.05, 3.63) is 111 Å². The molecule has 1 amide bonds. The van der Waals surface area contributed by atoms with E-state index in [1.165, 1.54) is 30.5 Å². The van der Waals surface area contributed by atoms with Crippen LogP contribution < -0.4 is 14.9 Å². The van der Waals surface area contributed by atoms with Crippen LogP contribution in [0.2, 0.25) is 5.02 Å². The molecule has 0 unspecified atom stereocenters. The molecule has 0 saturated heterocycles. The van der Waals surface area contributed by atoms with Gasteiger partial charge in [-0.15, -0.1) is 0 Å². The van der Waals surface area contributed by atoms with E-state index < -0.39 is 10.8 Å². The van der Waals surface area contributed by atoms with Crippen molar-refractivity contribution in [1.82, 2.24) is 5.43 Å². The van der Waals surface area contributed by atoms with Gasteiger partial charge in [0.2, 0.25) is 0 Å². The highest BCUT2D eigenvalue weighted by atomic mass is 35.5. The molecule has 10 heteroatoms. The summed E-state index contributed by atoms with van der Waals surface area (Å²) in [4.78, 5) is 22.9. The summed E-state index contributed by atoms with van der Waals surface area (Å²) >= 11 is 6.53. The van der Waals surface area contributed by atoms with Gasteiger partial charge < -0.3 is 13.9 Å². The predicted octanol–water partition coefficient (Wildman–Crippen LogP) is 6.89. The third-order valence-corrected chi connectivity index (χ3v) is 6.12. The number of ether oxygens (including phenoxy) is 2. The lowest BCUT2D eigenvalue weighted by Gasteiger charge is -2.14. The third-order valence-electron chi connectivity index (χ3n) is 5.84. The molecule has 0 atom stereocenters. The normalized spacial score (nSPS) is 11.2. The van der Waals surface area contributed by atoms with E-state index in [0.29, 0.717) is 46.3 Å². The Morgan fingerprint density at radius 2 is 1.85 bits per heavy atom. The molecule has 0 fully saturated rings. The van der Waals surface area contributed by atoms with E-state index in [-0.39, 0.29) is 11.4 Å². The van der Waals surface area contributed by atoms with Gasteiger partial charge >= 0.3 is 5.91 Å². The second-order valence-corrected chi connectivity index (χ2v) is 8.93. The SMILES string of the molecule is CCOc1cc(/C=N/NC(=O)c2cc3cc([N+](=O)[O-])ccc3o2)cc(Cl)c1OCc1ccc2ccccc2c1. The van der Waals surface area contributed by atoms with Crippen LogP contribution in [0.5, 0.6) is 11.5 Å². The highest BCUT2D eigenvalue weighted by Crippen LogP contribution is 2.37. The fourth-order valence-electron chi connectivity index (χ4n) is 4.03. The number of nitro groups is 1. The first-order valence-corrected chi connectivity index (χ1v) is 12.4. The van der Waals surface area contributed by atoms with Gasteiger partial charge in [-0.05, 0) is 59.2 Å². The van der Waals surface area contributed by atoms with E-state index in [4.69, 9.17) is 25.5 Å². The van der Waals surface area contributed by atoms with Gasteiger partial charge in [0, 0.05) is 17.5 Å². The van der Waals surface area contributed by atoms with Gasteiger partial charge in [-0.3, -0.25) is 14.9 Å². The molecule has 0 saturated carbocycles. The van der Waals surface area contributed by atoms with Crippen molar-refractivity contribution in [2.45, 2.75) is 13.5 Å². The first-order valence-electron chi connectivity index (χ1n) is 12.0. The van der Waals surface area contributed by atoms with E-state index >= 15 is 0 Å². The topological polar surface area (TPSA) is 116 Å². The molecule has 0 bridgehead atoms. The first kappa shape index (κ1) is 25.7. The molecule has 5 rings (SSSR count). The van der Waals surface area contributed by atoms with Crippen molar-refractivity contribution in [1.29, 1.82) is 0 Å². The van der Waals surface area contributed by atoms with Gasteiger partial charge in [0.1, 0.15) is 12.2 Å². The molecule has 4 aromatic carbocycles. The fourth-order valence-corrected chi connectivity index (χ4v) is 4.30. The molecule has 0 aliphatic rings. The average molecular weight is 544 g/mol. The largest absolute Gasteiger partial charge is 0.490 e. The number of nitrogens with one attached hydrogen (secondary N) is 1. The first-order chi connectivity index (χ1) is 18.9. The zero-order valence-electron chi connectivity index (χ0n) is 20.7. The molecule has 1 heterocycles. The Balaban J connectivity index is 1.28. The van der Waals surface area contributed by atoms with E-state index in [2.05, 4.69) is 22.7 Å². The van der Waals surface area contributed by atoms with Crippen LogP contribution in [0.1, 0.15) is 28.6 Å². The van der Waals surface area contributed by atoms with Gasteiger partial charge in [-0.2, -0.15) is 5.10 Å². The van der Waals surface area contributed by atoms with Crippen molar-refractivity contribution < 1.29 is 23.6 Å². The van der Waals surface area contributed by atoms with Crippen LogP contribution in [0.25, 0.3) is 21.7 Å². The van der Waals surface area contributed by atoms with Crippen LogP contribution >= 0.6 is 11.6 Å². The summed E-state index contributed by atoms with van der Waals surface area (Å²) in [5, 5.41) is 18.0. The molecule has 1 N–H and O–H groups in total. The average Bonchev–Trinajstić information content (AvgIpc) is 3.36. The molecule has 9 nitrogen and oxygen atoms in total. The third kappa shape index (κ3) is 5.83. The number of halogens is 1. The lowest BCUT2D eigenvalue weighted by molar-refractivity contribution is -0.384. The Morgan fingerprint density at radius 1 is 1.03 bits per heavy atom. The van der Waals surface area contributed by atoms with Gasteiger partial charge in [0.15, 0.2) is 17.3 Å². The number of amides is 1. The molecule has 196 valence electrons. The van der Waals surface area contributed by atoms with Crippen LogP contribution in [-0.2, 0) is 6.61 Å². The molecule has 0 aliphatic heterocycles. The summed E-state index contributed by atoms with van der Waals surface area (Å²) in [6, 6.07) is 23.1. The van der Waals surface area contributed by atoms with Crippen molar-refractivity contribution in [3.63, 3.8) is 0 Å². The second-order valence-electron chi connectivity index (χ2n) is 8.52. The second kappa shape index (κ2) is 11.2. The molecule has 0 radical (unpaired) electrons. The van der Waals surface area contributed by atoms with Crippen molar-refractivity contribution in [2.24, 2.45) is 5.10 Å². The number of furan rings is 1. The van der Waals surface area contributed by atoms with Crippen LogP contribution in [0.4, 0.5) is 5.69 Å². The number of benzene rings is 4. The summed E-state index contributed by atoms with van der Waals surface area (Å²) in [6.45, 7) is 2.54. The Bertz CT molecular complexity index is 1730. The minimum atomic E-state index is -0.614. The van der Waals surface area contributed by atoms with Gasteiger partial charge in [0.25, 0.3) is 5.69 Å². The predicted molar refractivity (Wildman–Crippen MR) is 149 cm³/mol. The minimum absolute atomic E-state index is 0.0341. The van der Waals surface area contributed by atoms with Crippen LogP contribution in [0.15, 0.2) is 88.4 Å². The highest BCUT2D eigenvalue weighted by molar-refractivity contribution is 6.32. The maximum atomic E-state index is 12.5. The molecule has 0 aliphatic carbocycles. The molecular weight excluding hydrogens is 522 g/mol. The molecular formula is C29H22ClN3O6. The van der Waals surface area contributed by atoms with Crippen LogP contribution in [0, 0.1) is 10.1 Å². The smallest absolute Gasteiger partial charge is 0.307 e. The number of non-ortho nitro benzene ring substituents is 1. The van der Waals surface area contributed by atoms with Gasteiger partial charge in [-0.1, -0.05) is 48.0 Å². The van der Waals surface area contributed by atoms with Crippen LogP contribution in [-0.4, -0.2) is 23.7 Å². The minimum Gasteiger partial charge on any atom is -0.490 e. The van der Waals surface area contributed by atoms with E-state index in [9.17, 15) is 14.9 Å². The Hall–Kier alpha value is -4.89. The van der Waals surface area contributed by atoms with E-state index in [0.717, 1.165) is 16.3 Å². The van der Waals surface area contributed by atoms with E-state index in [1.54, 1.807) is 12.1 Å². The molecule has 1 aromatic heterocycles. The van der Waals surface area contributed by atoms with Gasteiger partial charge in [-0.25, -0.2) is 5.43 Å². The van der Waals surface area contributed by atoms with Crippen molar-refractivity contribution in [3.8, 4) is 11.5 Å². The number of nitro benzene ring substituents is 1. The fraction of sp³-hybridized carbons (Fsp3) is 0.103. The number of nitrogens with zero attached hydrogens (tertiary/aromatic N) is 2. The zero-order chi connectivity index (χ0) is 27.4. The quantitative estimate of drug-likeness (QED) is 0.123. The number of rotatable bonds is 9. The summed E-state index contributed by atoms with van der Waals surface area (Å²) in [6.07, 6.45) is 1.41. The highest BCUT2D eigenvalue weighted by Gasteiger charge is 2.16. The Labute approximate surface area is 227 Å². The molecule has 0 spiro atoms. The zero-order valence-corrected chi connectivity index (χ0v) is 21.5. The van der Waals surface area contributed by atoms with Crippen molar-refractivity contribution in [2.75, 3.05) is 6.61 Å². The monoisotopic (exact) mass is 543 g/mol. The lowest BCUT2D eigenvalue weighted by atomic mass is 10.1. The van der Waals surface area contributed by atoms with Crippen LogP contribution in [0.3, 0.4) is 0 Å². The Kier molecular flexibility index (Phi) is 7.42. The summed E-state index contributed by atoms with van der Waals surface area (Å²) < 4.78 is 17.3. The number of fused-ring (bicyclic) bond motifs is 2. The number of hydrogen-bond acceptors (Lipinski definition) is 7. The lowest BCUT2D eigenvalue weighted by Crippen LogP contribution is -2.16. The standard InChI is InChI=1S/C29H22ClN3O6/c1-2-37-26-13-19(12-24(30)28(26)38-17-18-7-8-20-5-3-4-6-21(20)11-18)16-31-32-29(34)27-15-22-14-23(33(35)36)9-10-25(22)39-27/h3-16H,2,17H2,1H3,(H,32,34)/b31-16+. The molecule has 5 aromatic rings. The van der Waals surface area contributed by atoms with Crippen molar-refractivity contribution >= 4 is 51.2 Å². The number of hydrazone groups is 1. The Morgan fingerprint density at radius 3 is 2.64 bits per heavy atom. The summed E-state index contributed by atoms with van der Waals surface area (Å²) in [5.41, 5.74) is 4.19. The summed E-state index contributed by atoms with van der Waals surface area (Å²) in [7, 11) is 0. The van der Waals surface area contributed by atoms with Gasteiger partial charge in [0.05, 0.1) is 22.8 Å². The number of hydrogen-bond donors (Lipinski definition) is 1.